The van der Waals surface area contributed by atoms with Crippen LogP contribution in [0.25, 0.3) is 0 Å². The molecule has 1 atom stereocenters. The number of rotatable bonds is 14. The van der Waals surface area contributed by atoms with Crippen molar-refractivity contribution >= 4 is 10.1 Å². The van der Waals surface area contributed by atoms with Crippen LogP contribution in [0.1, 0.15) is 0 Å². The van der Waals surface area contributed by atoms with E-state index in [-0.39, 0.29) is 19.2 Å². The Morgan fingerprint density at radius 3 is 1.77 bits per heavy atom. The summed E-state index contributed by atoms with van der Waals surface area (Å²) in [6.45, 7) is -2.70. The summed E-state index contributed by atoms with van der Waals surface area (Å²) >= 11 is 0. The van der Waals surface area contributed by atoms with Gasteiger partial charge in [-0.3, -0.25) is 0 Å². The SMILES string of the molecule is CN(CCS(=O)(=O)[O-])CC(O)COC/C=C/C(F)(F)C(F)(F)C(F)(F)C(F)(F)C(F)(F)C(F)(F)F. The smallest absolute Gasteiger partial charge is 0.460 e. The van der Waals surface area contributed by atoms with E-state index in [0.29, 0.717) is 0 Å². The van der Waals surface area contributed by atoms with E-state index < -0.39 is 77.1 Å². The van der Waals surface area contributed by atoms with Crippen LogP contribution >= 0.6 is 0 Å². The molecule has 0 aliphatic heterocycles. The van der Waals surface area contributed by atoms with E-state index >= 15 is 0 Å². The topological polar surface area (TPSA) is 89.9 Å². The van der Waals surface area contributed by atoms with Gasteiger partial charge in [0.05, 0.1) is 35.2 Å². The van der Waals surface area contributed by atoms with Crippen LogP contribution in [0.3, 0.4) is 0 Å². The molecule has 0 rings (SSSR count). The number of allylic oxidation sites excluding steroid dienone is 1. The number of halogens is 13. The lowest BCUT2D eigenvalue weighted by molar-refractivity contribution is -0.436. The average molecular weight is 570 g/mol. The highest BCUT2D eigenvalue weighted by Crippen LogP contribution is 2.60. The Balaban J connectivity index is 5.22. The predicted molar refractivity (Wildman–Crippen MR) is 88.8 cm³/mol. The molecule has 1 N–H and O–H groups in total. The highest BCUT2D eigenvalue weighted by Gasteiger charge is 2.90. The van der Waals surface area contributed by atoms with Gasteiger partial charge in [0, 0.05) is 13.1 Å². The van der Waals surface area contributed by atoms with Crippen LogP contribution in [-0.2, 0) is 14.9 Å². The van der Waals surface area contributed by atoms with Crippen LogP contribution in [0, 0.1) is 0 Å². The molecule has 0 bridgehead atoms. The van der Waals surface area contributed by atoms with Gasteiger partial charge >= 0.3 is 35.8 Å². The molecule has 0 aromatic heterocycles. The molecule has 0 heterocycles. The maximum atomic E-state index is 13.5. The molecule has 20 heteroatoms. The first-order valence-corrected chi connectivity index (χ1v) is 10.3. The molecule has 0 spiro atoms. The minimum atomic E-state index is -7.99. The minimum Gasteiger partial charge on any atom is -0.748 e. The first-order chi connectivity index (χ1) is 15.2. The number of likely N-dealkylation sites (N-methyl/N-ethyl adjacent to an activating group) is 1. The van der Waals surface area contributed by atoms with E-state index in [0.717, 1.165) is 4.90 Å². The van der Waals surface area contributed by atoms with Crippen LogP contribution in [0.15, 0.2) is 12.2 Å². The molecular formula is C15H17F13NO5S-. The normalized spacial score (nSPS) is 16.4. The molecule has 1 unspecified atom stereocenters. The average Bonchev–Trinajstić information content (AvgIpc) is 2.63. The van der Waals surface area contributed by atoms with Crippen LogP contribution in [0.4, 0.5) is 57.1 Å². The van der Waals surface area contributed by atoms with Gasteiger partial charge in [0.15, 0.2) is 0 Å². The summed E-state index contributed by atoms with van der Waals surface area (Å²) in [5, 5.41) is 9.54. The summed E-state index contributed by atoms with van der Waals surface area (Å²) in [7, 11) is -3.35. The molecule has 0 fully saturated rings. The standard InChI is InChI=1S/C15H18F13NO5S/c1-29(4-6-35(31,32)33)7-9(30)8-34-5-2-3-10(16,17)11(18,19)12(20,21)13(22,23)14(24,25)15(26,27)28/h2-3,9,30H,4-8H2,1H3,(H,31,32,33)/p-1/b3-2+. The lowest BCUT2D eigenvalue weighted by Gasteiger charge is -2.39. The molecule has 35 heavy (non-hydrogen) atoms. The van der Waals surface area contributed by atoms with Gasteiger partial charge in [-0.1, -0.05) is 6.08 Å². The molecule has 0 amide bonds. The van der Waals surface area contributed by atoms with Gasteiger partial charge in [0.25, 0.3) is 0 Å². The molecule has 0 aliphatic rings. The Hall–Kier alpha value is -1.38. The third-order valence-corrected chi connectivity index (χ3v) is 4.74. The maximum absolute atomic E-state index is 13.5. The highest BCUT2D eigenvalue weighted by molar-refractivity contribution is 7.85. The molecule has 0 aromatic rings. The largest absolute Gasteiger partial charge is 0.748 e. The summed E-state index contributed by atoms with van der Waals surface area (Å²) in [5.74, 6) is -38.4. The molecule has 210 valence electrons. The molecule has 0 aromatic carbocycles. The van der Waals surface area contributed by atoms with Gasteiger partial charge in [0.2, 0.25) is 0 Å². The Morgan fingerprint density at radius 2 is 1.34 bits per heavy atom. The second-order valence-corrected chi connectivity index (χ2v) is 8.56. The second kappa shape index (κ2) is 10.9. The van der Waals surface area contributed by atoms with E-state index in [1.165, 1.54) is 7.05 Å². The van der Waals surface area contributed by atoms with Crippen molar-refractivity contribution in [3.8, 4) is 0 Å². The summed E-state index contributed by atoms with van der Waals surface area (Å²) in [6.07, 6.45) is -10.4. The van der Waals surface area contributed by atoms with Gasteiger partial charge < -0.3 is 19.3 Å². The van der Waals surface area contributed by atoms with Gasteiger partial charge in [0.1, 0.15) is 0 Å². The molecule has 0 radical (unpaired) electrons. The Labute approximate surface area is 189 Å². The van der Waals surface area contributed by atoms with E-state index in [2.05, 4.69) is 4.74 Å². The summed E-state index contributed by atoms with van der Waals surface area (Å²) in [5.41, 5.74) is 0. The van der Waals surface area contributed by atoms with Crippen LogP contribution in [0.5, 0.6) is 0 Å². The molecule has 0 saturated heterocycles. The van der Waals surface area contributed by atoms with Crippen molar-refractivity contribution < 1.29 is 79.9 Å². The fourth-order valence-electron chi connectivity index (χ4n) is 2.13. The summed E-state index contributed by atoms with van der Waals surface area (Å²) in [4.78, 5) is 1.10. The maximum Gasteiger partial charge on any atom is 0.460 e. The molecule has 6 nitrogen and oxygen atoms in total. The van der Waals surface area contributed by atoms with Crippen molar-refractivity contribution in [2.45, 2.75) is 41.9 Å². The number of hydrogen-bond acceptors (Lipinski definition) is 6. The first kappa shape index (κ1) is 33.6. The molecule has 0 aliphatic carbocycles. The monoisotopic (exact) mass is 570 g/mol. The zero-order chi connectivity index (χ0) is 28.3. The van der Waals surface area contributed by atoms with E-state index in [1.54, 1.807) is 0 Å². The van der Waals surface area contributed by atoms with Crippen molar-refractivity contribution in [3.05, 3.63) is 12.2 Å². The van der Waals surface area contributed by atoms with E-state index in [9.17, 15) is 75.2 Å². The van der Waals surface area contributed by atoms with Crippen molar-refractivity contribution in [3.63, 3.8) is 0 Å². The van der Waals surface area contributed by atoms with Crippen molar-refractivity contribution in [1.29, 1.82) is 0 Å². The Morgan fingerprint density at radius 1 is 0.886 bits per heavy atom. The fraction of sp³-hybridized carbons (Fsp3) is 0.867. The van der Waals surface area contributed by atoms with Gasteiger partial charge in [-0.15, -0.1) is 0 Å². The summed E-state index contributed by atoms with van der Waals surface area (Å²) in [6, 6.07) is 0. The number of ether oxygens (including phenoxy) is 1. The van der Waals surface area contributed by atoms with Crippen LogP contribution in [0.2, 0.25) is 0 Å². The van der Waals surface area contributed by atoms with E-state index in [1.807, 2.05) is 0 Å². The summed E-state index contributed by atoms with van der Waals surface area (Å²) < 4.78 is 204. The minimum absolute atomic E-state index is 0.190. The quantitative estimate of drug-likeness (QED) is 0.150. The number of nitrogens with zero attached hydrogens (tertiary/aromatic N) is 1. The highest BCUT2D eigenvalue weighted by atomic mass is 32.2. The number of alkyl halides is 13. The second-order valence-electron chi connectivity index (χ2n) is 7.04. The van der Waals surface area contributed by atoms with Crippen molar-refractivity contribution in [2.24, 2.45) is 0 Å². The number of aliphatic hydroxyl groups excluding tert-OH is 1. The van der Waals surface area contributed by atoms with Crippen molar-refractivity contribution in [1.82, 2.24) is 4.90 Å². The molecule has 0 saturated carbocycles. The van der Waals surface area contributed by atoms with Crippen molar-refractivity contribution in [2.75, 3.05) is 39.1 Å². The lowest BCUT2D eigenvalue weighted by atomic mass is 9.94. The first-order valence-electron chi connectivity index (χ1n) is 8.76. The Bertz CT molecular complexity index is 830. The zero-order valence-electron chi connectivity index (χ0n) is 17.1. The number of hydrogen-bond donors (Lipinski definition) is 1. The van der Waals surface area contributed by atoms with Gasteiger partial charge in [-0.25, -0.2) is 8.42 Å². The van der Waals surface area contributed by atoms with Gasteiger partial charge in [-0.05, 0) is 13.1 Å². The van der Waals surface area contributed by atoms with E-state index in [4.69, 9.17) is 0 Å². The van der Waals surface area contributed by atoms with Crippen LogP contribution < -0.4 is 0 Å². The fourth-order valence-corrected chi connectivity index (χ4v) is 2.66. The number of aliphatic hydroxyl groups is 1. The predicted octanol–water partition coefficient (Wildman–Crippen LogP) is 3.14. The molecular weight excluding hydrogens is 553 g/mol. The third kappa shape index (κ3) is 7.80. The zero-order valence-corrected chi connectivity index (χ0v) is 17.9. The lowest BCUT2D eigenvalue weighted by Crippen LogP contribution is -2.69. The third-order valence-electron chi connectivity index (χ3n) is 4.05. The van der Waals surface area contributed by atoms with Crippen LogP contribution in [-0.4, -0.2) is 104 Å². The van der Waals surface area contributed by atoms with Gasteiger partial charge in [-0.2, -0.15) is 57.1 Å². The Kier molecular flexibility index (Phi) is 10.5.